The summed E-state index contributed by atoms with van der Waals surface area (Å²) in [4.78, 5) is 21.6. The fourth-order valence-electron chi connectivity index (χ4n) is 1.11. The Labute approximate surface area is 79.0 Å². The number of aromatic nitrogens is 1. The zero-order valence-electron chi connectivity index (χ0n) is 7.61. The van der Waals surface area contributed by atoms with Crippen LogP contribution in [0.2, 0.25) is 0 Å². The van der Waals surface area contributed by atoms with Gasteiger partial charge in [0, 0.05) is 12.6 Å². The van der Waals surface area contributed by atoms with Gasteiger partial charge in [-0.1, -0.05) is 0 Å². The predicted molar refractivity (Wildman–Crippen MR) is 48.3 cm³/mol. The fraction of sp³-hybridized carbons (Fsp3) is 0.250. The number of rotatable bonds is 1. The van der Waals surface area contributed by atoms with Crippen molar-refractivity contribution < 1.29 is 5.11 Å². The summed E-state index contributed by atoms with van der Waals surface area (Å²) in [5.41, 5.74) is -1.07. The van der Waals surface area contributed by atoms with Gasteiger partial charge in [-0.05, 0) is 12.1 Å². The molecule has 1 aromatic rings. The highest BCUT2D eigenvalue weighted by atomic mass is 16.3. The normalized spacial score (nSPS) is 9.50. The Balaban J connectivity index is 3.85. The van der Waals surface area contributed by atoms with Crippen molar-refractivity contribution in [3.8, 4) is 11.9 Å². The standard InChI is InChI=1S/C8H7N3O3/c1-4-5(3-9)7(12)11(2)8(13)6(4)10-14/h12H,1-2H3. The van der Waals surface area contributed by atoms with E-state index < -0.39 is 11.4 Å². The lowest BCUT2D eigenvalue weighted by Crippen LogP contribution is -2.18. The quantitative estimate of drug-likeness (QED) is 0.663. The van der Waals surface area contributed by atoms with Gasteiger partial charge in [0.25, 0.3) is 5.56 Å². The summed E-state index contributed by atoms with van der Waals surface area (Å²) in [7, 11) is 1.26. The highest BCUT2D eigenvalue weighted by molar-refractivity contribution is 5.56. The molecular weight excluding hydrogens is 186 g/mol. The zero-order valence-corrected chi connectivity index (χ0v) is 7.61. The molecule has 0 aromatic carbocycles. The number of aromatic hydroxyl groups is 1. The second-order valence-electron chi connectivity index (χ2n) is 2.74. The van der Waals surface area contributed by atoms with Crippen molar-refractivity contribution in [2.24, 2.45) is 12.2 Å². The molecule has 1 N–H and O–H groups in total. The molecule has 0 atom stereocenters. The smallest absolute Gasteiger partial charge is 0.282 e. The maximum absolute atomic E-state index is 11.3. The molecule has 1 heterocycles. The van der Waals surface area contributed by atoms with Gasteiger partial charge in [0.05, 0.1) is 0 Å². The van der Waals surface area contributed by atoms with Crippen molar-refractivity contribution in [1.29, 1.82) is 5.26 Å². The first-order valence-corrected chi connectivity index (χ1v) is 3.70. The van der Waals surface area contributed by atoms with E-state index in [9.17, 15) is 14.8 Å². The van der Waals surface area contributed by atoms with Crippen molar-refractivity contribution in [3.05, 3.63) is 26.4 Å². The molecule has 14 heavy (non-hydrogen) atoms. The molecule has 0 aliphatic rings. The number of nitroso groups, excluding NO2 is 1. The lowest BCUT2D eigenvalue weighted by Gasteiger charge is -2.06. The minimum atomic E-state index is -0.714. The Hall–Kier alpha value is -2.16. The van der Waals surface area contributed by atoms with Gasteiger partial charge < -0.3 is 5.11 Å². The molecule has 0 radical (unpaired) electrons. The summed E-state index contributed by atoms with van der Waals surface area (Å²) in [5.74, 6) is -0.456. The molecule has 0 aliphatic heterocycles. The molecule has 1 aromatic heterocycles. The van der Waals surface area contributed by atoms with E-state index in [1.807, 2.05) is 0 Å². The maximum Gasteiger partial charge on any atom is 0.282 e. The summed E-state index contributed by atoms with van der Waals surface area (Å²) >= 11 is 0. The van der Waals surface area contributed by atoms with Crippen LogP contribution in [0.3, 0.4) is 0 Å². The van der Waals surface area contributed by atoms with Gasteiger partial charge in [-0.15, -0.1) is 4.91 Å². The molecule has 0 spiro atoms. The molecule has 1 rings (SSSR count). The van der Waals surface area contributed by atoms with Gasteiger partial charge in [-0.3, -0.25) is 9.36 Å². The summed E-state index contributed by atoms with van der Waals surface area (Å²) in [6.45, 7) is 1.39. The average Bonchev–Trinajstić information content (AvgIpc) is 2.16. The van der Waals surface area contributed by atoms with Crippen LogP contribution in [0.15, 0.2) is 9.97 Å². The minimum absolute atomic E-state index is 0.100. The molecule has 0 fully saturated rings. The molecule has 6 heteroatoms. The monoisotopic (exact) mass is 193 g/mol. The summed E-state index contributed by atoms with van der Waals surface area (Å²) < 4.78 is 0.808. The van der Waals surface area contributed by atoms with Crippen molar-refractivity contribution in [1.82, 2.24) is 4.57 Å². The third-order valence-corrected chi connectivity index (χ3v) is 1.98. The van der Waals surface area contributed by atoms with Crippen molar-refractivity contribution in [2.45, 2.75) is 6.92 Å². The van der Waals surface area contributed by atoms with Gasteiger partial charge >= 0.3 is 0 Å². The van der Waals surface area contributed by atoms with Gasteiger partial charge in [0.15, 0.2) is 5.69 Å². The first-order valence-electron chi connectivity index (χ1n) is 3.70. The highest BCUT2D eigenvalue weighted by Crippen LogP contribution is 2.23. The zero-order chi connectivity index (χ0) is 10.9. The number of nitrogens with zero attached hydrogens (tertiary/aromatic N) is 3. The van der Waals surface area contributed by atoms with Crippen LogP contribution >= 0.6 is 0 Å². The molecule has 0 bridgehead atoms. The Kier molecular flexibility index (Phi) is 2.34. The van der Waals surface area contributed by atoms with E-state index in [0.29, 0.717) is 0 Å². The van der Waals surface area contributed by atoms with E-state index in [4.69, 9.17) is 5.26 Å². The van der Waals surface area contributed by atoms with Crippen molar-refractivity contribution in [2.75, 3.05) is 0 Å². The van der Waals surface area contributed by atoms with E-state index in [-0.39, 0.29) is 16.8 Å². The van der Waals surface area contributed by atoms with Crippen LogP contribution < -0.4 is 5.56 Å². The van der Waals surface area contributed by atoms with Crippen LogP contribution in [0.1, 0.15) is 11.1 Å². The largest absolute Gasteiger partial charge is 0.493 e. The topological polar surface area (TPSA) is 95.4 Å². The number of nitriles is 1. The third-order valence-electron chi connectivity index (χ3n) is 1.98. The van der Waals surface area contributed by atoms with Crippen LogP contribution in [0.5, 0.6) is 5.88 Å². The SMILES string of the molecule is Cc1c(C#N)c(O)n(C)c(=O)c1N=O. The van der Waals surface area contributed by atoms with Gasteiger partial charge in [-0.25, -0.2) is 0 Å². The van der Waals surface area contributed by atoms with E-state index in [2.05, 4.69) is 5.18 Å². The van der Waals surface area contributed by atoms with Crippen LogP contribution in [-0.4, -0.2) is 9.67 Å². The molecule has 0 aliphatic carbocycles. The Morgan fingerprint density at radius 3 is 2.57 bits per heavy atom. The lowest BCUT2D eigenvalue weighted by molar-refractivity contribution is 0.421. The van der Waals surface area contributed by atoms with Gasteiger partial charge in [-0.2, -0.15) is 5.26 Å². The number of hydrogen-bond acceptors (Lipinski definition) is 5. The fourth-order valence-corrected chi connectivity index (χ4v) is 1.11. The van der Waals surface area contributed by atoms with Crippen molar-refractivity contribution in [3.63, 3.8) is 0 Å². The van der Waals surface area contributed by atoms with E-state index in [1.165, 1.54) is 14.0 Å². The van der Waals surface area contributed by atoms with E-state index in [1.54, 1.807) is 6.07 Å². The average molecular weight is 193 g/mol. The van der Waals surface area contributed by atoms with E-state index in [0.717, 1.165) is 4.57 Å². The summed E-state index contributed by atoms with van der Waals surface area (Å²) in [5, 5.41) is 20.6. The summed E-state index contributed by atoms with van der Waals surface area (Å²) in [6, 6.07) is 1.70. The third kappa shape index (κ3) is 1.15. The van der Waals surface area contributed by atoms with E-state index >= 15 is 0 Å². The van der Waals surface area contributed by atoms with Crippen LogP contribution in [0.25, 0.3) is 0 Å². The van der Waals surface area contributed by atoms with Gasteiger partial charge in [0.1, 0.15) is 11.6 Å². The Morgan fingerprint density at radius 1 is 1.57 bits per heavy atom. The lowest BCUT2D eigenvalue weighted by atomic mass is 10.1. The predicted octanol–water partition coefficient (Wildman–Crippen LogP) is 0.669. The van der Waals surface area contributed by atoms with Crippen LogP contribution in [0, 0.1) is 23.2 Å². The molecular formula is C8H7N3O3. The van der Waals surface area contributed by atoms with Gasteiger partial charge in [0.2, 0.25) is 5.88 Å². The Bertz CT molecular complexity index is 496. The molecule has 72 valence electrons. The van der Waals surface area contributed by atoms with Crippen molar-refractivity contribution >= 4 is 5.69 Å². The van der Waals surface area contributed by atoms with Crippen LogP contribution in [-0.2, 0) is 7.05 Å². The molecule has 0 saturated heterocycles. The van der Waals surface area contributed by atoms with Crippen LogP contribution in [0.4, 0.5) is 5.69 Å². The molecule has 0 unspecified atom stereocenters. The molecule has 0 amide bonds. The molecule has 6 nitrogen and oxygen atoms in total. The Morgan fingerprint density at radius 2 is 2.14 bits per heavy atom. The second kappa shape index (κ2) is 3.30. The number of hydrogen-bond donors (Lipinski definition) is 1. The second-order valence-corrected chi connectivity index (χ2v) is 2.74. The highest BCUT2D eigenvalue weighted by Gasteiger charge is 2.17. The molecule has 0 saturated carbocycles. The minimum Gasteiger partial charge on any atom is -0.493 e. The number of pyridine rings is 1. The maximum atomic E-state index is 11.3. The first kappa shape index (κ1) is 9.92. The summed E-state index contributed by atoms with van der Waals surface area (Å²) in [6.07, 6.45) is 0. The first-order chi connectivity index (χ1) is 6.54.